The molecule has 0 saturated carbocycles. The second-order valence-electron chi connectivity index (χ2n) is 7.89. The van der Waals surface area contributed by atoms with E-state index in [1.807, 2.05) is 6.07 Å². The van der Waals surface area contributed by atoms with Crippen LogP contribution in [-0.4, -0.2) is 31.7 Å². The van der Waals surface area contributed by atoms with Crippen LogP contribution in [0.15, 0.2) is 57.2 Å². The van der Waals surface area contributed by atoms with Gasteiger partial charge in [0.05, 0.1) is 15.8 Å². The lowest BCUT2D eigenvalue weighted by Gasteiger charge is -2.31. The van der Waals surface area contributed by atoms with Crippen LogP contribution in [0.4, 0.5) is 5.13 Å². The van der Waals surface area contributed by atoms with Gasteiger partial charge in [-0.15, -0.1) is 11.3 Å². The SMILES string of the molecule is Cc1ccc(C)c(Cc2csc(N3CCC(S(=O)(=O)c4ccccc4Br)CC3)n2)c1. The Balaban J connectivity index is 1.43. The Morgan fingerprint density at radius 3 is 2.60 bits per heavy atom. The third-order valence-electron chi connectivity index (χ3n) is 5.71. The Morgan fingerprint density at radius 1 is 1.13 bits per heavy atom. The van der Waals surface area contributed by atoms with Crippen LogP contribution in [0.3, 0.4) is 0 Å². The van der Waals surface area contributed by atoms with Crippen LogP contribution in [0, 0.1) is 13.8 Å². The Morgan fingerprint density at radius 2 is 1.87 bits per heavy atom. The summed E-state index contributed by atoms with van der Waals surface area (Å²) in [5.41, 5.74) is 4.93. The van der Waals surface area contributed by atoms with E-state index in [9.17, 15) is 8.42 Å². The minimum absolute atomic E-state index is 0.346. The van der Waals surface area contributed by atoms with Gasteiger partial charge in [-0.25, -0.2) is 13.4 Å². The predicted molar refractivity (Wildman–Crippen MR) is 127 cm³/mol. The minimum atomic E-state index is -3.33. The van der Waals surface area contributed by atoms with Crippen molar-refractivity contribution in [3.63, 3.8) is 0 Å². The quantitative estimate of drug-likeness (QED) is 0.456. The van der Waals surface area contributed by atoms with Gasteiger partial charge < -0.3 is 4.90 Å². The number of anilines is 1. The molecule has 0 bridgehead atoms. The summed E-state index contributed by atoms with van der Waals surface area (Å²) in [4.78, 5) is 7.47. The highest BCUT2D eigenvalue weighted by Gasteiger charge is 2.33. The van der Waals surface area contributed by atoms with Crippen molar-refractivity contribution in [2.45, 2.75) is 43.3 Å². The van der Waals surface area contributed by atoms with Crippen molar-refractivity contribution >= 4 is 42.2 Å². The van der Waals surface area contributed by atoms with Crippen LogP contribution in [0.1, 0.15) is 35.2 Å². The van der Waals surface area contributed by atoms with E-state index < -0.39 is 9.84 Å². The molecule has 2 heterocycles. The van der Waals surface area contributed by atoms with E-state index in [1.54, 1.807) is 29.5 Å². The van der Waals surface area contributed by atoms with Crippen molar-refractivity contribution in [1.82, 2.24) is 4.98 Å². The Bertz CT molecular complexity index is 1150. The van der Waals surface area contributed by atoms with Gasteiger partial charge in [0.2, 0.25) is 0 Å². The highest BCUT2D eigenvalue weighted by atomic mass is 79.9. The lowest BCUT2D eigenvalue weighted by molar-refractivity contribution is 0.529. The first-order chi connectivity index (χ1) is 14.3. The topological polar surface area (TPSA) is 50.3 Å². The average molecular weight is 506 g/mol. The zero-order chi connectivity index (χ0) is 21.3. The Hall–Kier alpha value is -1.70. The van der Waals surface area contributed by atoms with E-state index in [-0.39, 0.29) is 5.25 Å². The van der Waals surface area contributed by atoms with Crippen LogP contribution >= 0.6 is 27.3 Å². The fourth-order valence-electron chi connectivity index (χ4n) is 3.92. The lowest BCUT2D eigenvalue weighted by Crippen LogP contribution is -2.39. The molecule has 0 N–H and O–H groups in total. The maximum Gasteiger partial charge on any atom is 0.185 e. The molecule has 1 aromatic heterocycles. The monoisotopic (exact) mass is 504 g/mol. The van der Waals surface area contributed by atoms with Crippen molar-refractivity contribution in [3.05, 3.63) is 74.7 Å². The van der Waals surface area contributed by atoms with E-state index in [1.165, 1.54) is 16.7 Å². The van der Waals surface area contributed by atoms with Crippen molar-refractivity contribution in [2.24, 2.45) is 0 Å². The second-order valence-corrected chi connectivity index (χ2v) is 11.8. The number of piperidine rings is 1. The molecule has 0 radical (unpaired) electrons. The summed E-state index contributed by atoms with van der Waals surface area (Å²) in [6, 6.07) is 13.6. The van der Waals surface area contributed by atoms with Crippen LogP contribution in [0.5, 0.6) is 0 Å². The van der Waals surface area contributed by atoms with Crippen LogP contribution < -0.4 is 4.90 Å². The maximum absolute atomic E-state index is 13.1. The van der Waals surface area contributed by atoms with Gasteiger partial charge in [0.25, 0.3) is 0 Å². The number of hydrogen-bond acceptors (Lipinski definition) is 5. The number of aryl methyl sites for hydroxylation is 2. The molecular weight excluding hydrogens is 480 g/mol. The fraction of sp³-hybridized carbons (Fsp3) is 0.348. The molecule has 4 nitrogen and oxygen atoms in total. The van der Waals surface area contributed by atoms with Crippen molar-refractivity contribution in [1.29, 1.82) is 0 Å². The first kappa shape index (κ1) is 21.5. The molecule has 7 heteroatoms. The molecule has 0 aliphatic carbocycles. The van der Waals surface area contributed by atoms with E-state index in [0.717, 1.165) is 17.2 Å². The van der Waals surface area contributed by atoms with E-state index in [2.05, 4.69) is 58.3 Å². The molecular formula is C23H25BrN2O2S2. The van der Waals surface area contributed by atoms with Gasteiger partial charge in [-0.2, -0.15) is 0 Å². The normalized spacial score (nSPS) is 15.5. The standard InChI is InChI=1S/C23H25BrN2O2S2/c1-16-7-8-17(2)18(13-16)14-19-15-29-23(25-19)26-11-9-20(10-12-26)30(27,28)22-6-4-3-5-21(22)24/h3-8,13,15,20H,9-12,14H2,1-2H3. The van der Waals surface area contributed by atoms with Gasteiger partial charge >= 0.3 is 0 Å². The number of thiazole rings is 1. The first-order valence-electron chi connectivity index (χ1n) is 10.1. The zero-order valence-corrected chi connectivity index (χ0v) is 20.4. The molecule has 1 aliphatic heterocycles. The molecule has 1 fully saturated rings. The predicted octanol–water partition coefficient (Wildman–Crippen LogP) is 5.56. The number of aromatic nitrogens is 1. The third kappa shape index (κ3) is 4.48. The molecule has 0 unspecified atom stereocenters. The molecule has 2 aromatic carbocycles. The van der Waals surface area contributed by atoms with Crippen molar-refractivity contribution in [3.8, 4) is 0 Å². The zero-order valence-electron chi connectivity index (χ0n) is 17.1. The summed E-state index contributed by atoms with van der Waals surface area (Å²) in [5, 5.41) is 2.77. The van der Waals surface area contributed by atoms with Crippen LogP contribution in [0.2, 0.25) is 0 Å². The maximum atomic E-state index is 13.1. The minimum Gasteiger partial charge on any atom is -0.348 e. The summed E-state index contributed by atoms with van der Waals surface area (Å²) >= 11 is 5.04. The molecule has 4 rings (SSSR count). The summed E-state index contributed by atoms with van der Waals surface area (Å²) in [6.07, 6.45) is 2.07. The summed E-state index contributed by atoms with van der Waals surface area (Å²) < 4.78 is 26.8. The van der Waals surface area contributed by atoms with E-state index in [4.69, 9.17) is 4.98 Å². The van der Waals surface area contributed by atoms with Crippen LogP contribution in [0.25, 0.3) is 0 Å². The van der Waals surface area contributed by atoms with Gasteiger partial charge in [-0.05, 0) is 65.9 Å². The lowest BCUT2D eigenvalue weighted by atomic mass is 10.0. The van der Waals surface area contributed by atoms with Gasteiger partial charge in [0.1, 0.15) is 0 Å². The van der Waals surface area contributed by atoms with Crippen molar-refractivity contribution < 1.29 is 8.42 Å². The Kier molecular flexibility index (Phi) is 6.32. The number of benzene rings is 2. The summed E-state index contributed by atoms with van der Waals surface area (Å²) in [5.74, 6) is 0. The number of rotatable bonds is 5. The fourth-order valence-corrected chi connectivity index (χ4v) is 7.56. The Labute approximate surface area is 191 Å². The molecule has 0 spiro atoms. The largest absolute Gasteiger partial charge is 0.348 e. The molecule has 0 amide bonds. The summed E-state index contributed by atoms with van der Waals surface area (Å²) in [6.45, 7) is 5.68. The third-order valence-corrected chi connectivity index (χ3v) is 9.93. The van der Waals surface area contributed by atoms with Crippen molar-refractivity contribution in [2.75, 3.05) is 18.0 Å². The van der Waals surface area contributed by atoms with E-state index >= 15 is 0 Å². The smallest absolute Gasteiger partial charge is 0.185 e. The highest BCUT2D eigenvalue weighted by Crippen LogP contribution is 2.32. The van der Waals surface area contributed by atoms with Gasteiger partial charge in [0.15, 0.2) is 15.0 Å². The number of nitrogens with zero attached hydrogens (tertiary/aromatic N) is 2. The molecule has 0 atom stereocenters. The number of halogens is 1. The van der Waals surface area contributed by atoms with Crippen LogP contribution in [-0.2, 0) is 16.3 Å². The van der Waals surface area contributed by atoms with Gasteiger partial charge in [-0.3, -0.25) is 0 Å². The first-order valence-corrected chi connectivity index (χ1v) is 13.3. The number of sulfone groups is 1. The highest BCUT2D eigenvalue weighted by molar-refractivity contribution is 9.10. The molecule has 1 aliphatic rings. The van der Waals surface area contributed by atoms with Gasteiger partial charge in [0, 0.05) is 29.4 Å². The van der Waals surface area contributed by atoms with E-state index in [0.29, 0.717) is 35.3 Å². The summed E-state index contributed by atoms with van der Waals surface area (Å²) in [7, 11) is -3.33. The molecule has 1 saturated heterocycles. The molecule has 30 heavy (non-hydrogen) atoms. The number of hydrogen-bond donors (Lipinski definition) is 0. The van der Waals surface area contributed by atoms with Gasteiger partial charge in [-0.1, -0.05) is 35.9 Å². The molecule has 158 valence electrons. The second kappa shape index (κ2) is 8.81. The average Bonchev–Trinajstić information content (AvgIpc) is 3.19. The molecule has 3 aromatic rings.